The molecule has 0 heterocycles. The first-order valence-electron chi connectivity index (χ1n) is 12.2. The summed E-state index contributed by atoms with van der Waals surface area (Å²) in [4.78, 5) is 0. The molecule has 0 unspecified atom stereocenters. The molecule has 1 rings (SSSR count). The molecule has 1 N–H and O–H groups in total. The van der Waals surface area contributed by atoms with Gasteiger partial charge in [-0.25, -0.2) is 0 Å². The molecule has 0 saturated heterocycles. The smallest absolute Gasteiger partial charge is 0.121 e. The van der Waals surface area contributed by atoms with Crippen LogP contribution in [0.3, 0.4) is 0 Å². The van der Waals surface area contributed by atoms with E-state index in [-0.39, 0.29) is 0 Å². The lowest BCUT2D eigenvalue weighted by Crippen LogP contribution is -2.03. The highest BCUT2D eigenvalue weighted by atomic mass is 16.5. The molecule has 1 aromatic rings. The predicted octanol–water partition coefficient (Wildman–Crippen LogP) is 7.93. The molecular weight excluding hydrogens is 360 g/mol. The SMILES string of the molecule is CCCCCCCCCOCc1cccc(O)c1COCCCCCCCCC. The van der Waals surface area contributed by atoms with Crippen molar-refractivity contribution in [3.05, 3.63) is 29.3 Å². The quantitative estimate of drug-likeness (QED) is 0.223. The number of ether oxygens (including phenoxy) is 2. The summed E-state index contributed by atoms with van der Waals surface area (Å²) in [7, 11) is 0. The van der Waals surface area contributed by atoms with Crippen molar-refractivity contribution >= 4 is 0 Å². The molecule has 0 spiro atoms. The van der Waals surface area contributed by atoms with E-state index >= 15 is 0 Å². The van der Waals surface area contributed by atoms with Crippen molar-refractivity contribution in [3.63, 3.8) is 0 Å². The highest BCUT2D eigenvalue weighted by molar-refractivity contribution is 5.38. The first-order valence-corrected chi connectivity index (χ1v) is 12.2. The number of phenols is 1. The normalized spacial score (nSPS) is 11.2. The zero-order chi connectivity index (χ0) is 21.0. The monoisotopic (exact) mass is 406 g/mol. The van der Waals surface area contributed by atoms with Crippen molar-refractivity contribution in [1.82, 2.24) is 0 Å². The van der Waals surface area contributed by atoms with Crippen molar-refractivity contribution in [2.45, 2.75) is 117 Å². The predicted molar refractivity (Wildman–Crippen MR) is 123 cm³/mol. The first-order chi connectivity index (χ1) is 14.3. The Hall–Kier alpha value is -1.06. The molecule has 0 atom stereocenters. The van der Waals surface area contributed by atoms with E-state index in [9.17, 15) is 5.11 Å². The molecule has 0 aromatic heterocycles. The van der Waals surface area contributed by atoms with E-state index in [1.807, 2.05) is 12.1 Å². The van der Waals surface area contributed by atoms with E-state index in [4.69, 9.17) is 9.47 Å². The third kappa shape index (κ3) is 13.7. The molecule has 0 amide bonds. The van der Waals surface area contributed by atoms with Crippen molar-refractivity contribution in [1.29, 1.82) is 0 Å². The van der Waals surface area contributed by atoms with E-state index in [1.54, 1.807) is 6.07 Å². The zero-order valence-corrected chi connectivity index (χ0v) is 19.2. The Morgan fingerprint density at radius 2 is 1.10 bits per heavy atom. The van der Waals surface area contributed by atoms with Crippen LogP contribution in [0.2, 0.25) is 0 Å². The fourth-order valence-electron chi connectivity index (χ4n) is 3.60. The summed E-state index contributed by atoms with van der Waals surface area (Å²) < 4.78 is 11.7. The Morgan fingerprint density at radius 1 is 0.621 bits per heavy atom. The highest BCUT2D eigenvalue weighted by Gasteiger charge is 2.08. The van der Waals surface area contributed by atoms with Crippen molar-refractivity contribution in [2.24, 2.45) is 0 Å². The fraction of sp³-hybridized carbons (Fsp3) is 0.769. The maximum absolute atomic E-state index is 10.2. The van der Waals surface area contributed by atoms with Crippen molar-refractivity contribution in [3.8, 4) is 5.75 Å². The minimum Gasteiger partial charge on any atom is -0.508 e. The second-order valence-corrected chi connectivity index (χ2v) is 8.26. The zero-order valence-electron chi connectivity index (χ0n) is 19.2. The van der Waals surface area contributed by atoms with Crippen LogP contribution < -0.4 is 0 Å². The van der Waals surface area contributed by atoms with Gasteiger partial charge in [-0.2, -0.15) is 0 Å². The van der Waals surface area contributed by atoms with Gasteiger partial charge >= 0.3 is 0 Å². The average molecular weight is 407 g/mol. The van der Waals surface area contributed by atoms with Crippen LogP contribution in [-0.4, -0.2) is 18.3 Å². The van der Waals surface area contributed by atoms with Gasteiger partial charge in [0, 0.05) is 18.8 Å². The third-order valence-corrected chi connectivity index (χ3v) is 5.54. The molecule has 3 nitrogen and oxygen atoms in total. The molecular formula is C26H46O3. The van der Waals surface area contributed by atoms with Gasteiger partial charge in [0.15, 0.2) is 0 Å². The molecule has 0 aliphatic carbocycles. The summed E-state index contributed by atoms with van der Waals surface area (Å²) in [5.41, 5.74) is 1.93. The average Bonchev–Trinajstić information content (AvgIpc) is 2.72. The third-order valence-electron chi connectivity index (χ3n) is 5.54. The second-order valence-electron chi connectivity index (χ2n) is 8.26. The summed E-state index contributed by atoms with van der Waals surface area (Å²) in [5.74, 6) is 0.321. The Kier molecular flexibility index (Phi) is 17.0. The van der Waals surface area contributed by atoms with Crippen LogP contribution in [0.25, 0.3) is 0 Å². The van der Waals surface area contributed by atoms with Crippen molar-refractivity contribution < 1.29 is 14.6 Å². The van der Waals surface area contributed by atoms with Crippen molar-refractivity contribution in [2.75, 3.05) is 13.2 Å². The summed E-state index contributed by atoms with van der Waals surface area (Å²) in [6.45, 7) is 7.09. The molecule has 29 heavy (non-hydrogen) atoms. The first kappa shape index (κ1) is 26.0. The summed E-state index contributed by atoms with van der Waals surface area (Å²) in [5, 5.41) is 10.2. The van der Waals surface area contributed by atoms with Gasteiger partial charge in [-0.1, -0.05) is 103 Å². The van der Waals surface area contributed by atoms with E-state index in [2.05, 4.69) is 13.8 Å². The topological polar surface area (TPSA) is 38.7 Å². The van der Waals surface area contributed by atoms with Gasteiger partial charge in [0.2, 0.25) is 0 Å². The molecule has 168 valence electrons. The lowest BCUT2D eigenvalue weighted by molar-refractivity contribution is 0.102. The Bertz CT molecular complexity index is 487. The van der Waals surface area contributed by atoms with E-state index < -0.39 is 0 Å². The summed E-state index contributed by atoms with van der Waals surface area (Å²) in [6.07, 6.45) is 18.0. The van der Waals surface area contributed by atoms with Gasteiger partial charge in [-0.3, -0.25) is 0 Å². The number of rotatable bonds is 20. The lowest BCUT2D eigenvalue weighted by Gasteiger charge is -2.13. The Morgan fingerprint density at radius 3 is 1.66 bits per heavy atom. The number of unbranched alkanes of at least 4 members (excludes halogenated alkanes) is 12. The number of phenolic OH excluding ortho intramolecular Hbond substituents is 1. The molecule has 3 heteroatoms. The largest absolute Gasteiger partial charge is 0.508 e. The molecule has 0 aliphatic rings. The van der Waals surface area contributed by atoms with Gasteiger partial charge in [0.25, 0.3) is 0 Å². The number of benzene rings is 1. The van der Waals surface area contributed by atoms with Crippen LogP contribution in [0, 0.1) is 0 Å². The van der Waals surface area contributed by atoms with E-state index in [0.29, 0.717) is 19.0 Å². The van der Waals surface area contributed by atoms with Crippen LogP contribution >= 0.6 is 0 Å². The van der Waals surface area contributed by atoms with Gasteiger partial charge in [0.05, 0.1) is 13.2 Å². The van der Waals surface area contributed by atoms with Crippen LogP contribution in [0.4, 0.5) is 0 Å². The van der Waals surface area contributed by atoms with Gasteiger partial charge < -0.3 is 14.6 Å². The molecule has 0 aliphatic heterocycles. The second kappa shape index (κ2) is 18.9. The minimum atomic E-state index is 0.321. The van der Waals surface area contributed by atoms with Crippen LogP contribution in [0.1, 0.15) is 115 Å². The van der Waals surface area contributed by atoms with Gasteiger partial charge in [0.1, 0.15) is 5.75 Å². The molecule has 0 radical (unpaired) electrons. The number of hydrogen-bond acceptors (Lipinski definition) is 3. The highest BCUT2D eigenvalue weighted by Crippen LogP contribution is 2.23. The standard InChI is InChI=1S/C26H46O3/c1-3-5-7-9-11-13-15-20-28-22-24-18-17-19-26(27)25(24)23-29-21-16-14-12-10-8-6-4-2/h17-19,27H,3-16,20-23H2,1-2H3. The number of hydrogen-bond donors (Lipinski definition) is 1. The van der Waals surface area contributed by atoms with E-state index in [1.165, 1.54) is 77.0 Å². The van der Waals surface area contributed by atoms with Crippen LogP contribution in [0.15, 0.2) is 18.2 Å². The Labute approximate surface area is 180 Å². The van der Waals surface area contributed by atoms with Crippen LogP contribution in [0.5, 0.6) is 5.75 Å². The molecule has 0 fully saturated rings. The lowest BCUT2D eigenvalue weighted by atomic mass is 10.1. The summed E-state index contributed by atoms with van der Waals surface area (Å²) >= 11 is 0. The molecule has 0 bridgehead atoms. The maximum atomic E-state index is 10.2. The Balaban J connectivity index is 2.16. The number of aromatic hydroxyl groups is 1. The maximum Gasteiger partial charge on any atom is 0.121 e. The van der Waals surface area contributed by atoms with Gasteiger partial charge in [-0.05, 0) is 24.5 Å². The molecule has 1 aromatic carbocycles. The minimum absolute atomic E-state index is 0.321. The fourth-order valence-corrected chi connectivity index (χ4v) is 3.60. The van der Waals surface area contributed by atoms with Gasteiger partial charge in [-0.15, -0.1) is 0 Å². The van der Waals surface area contributed by atoms with Crippen LogP contribution in [-0.2, 0) is 22.7 Å². The van der Waals surface area contributed by atoms with E-state index in [0.717, 1.165) is 37.2 Å². The summed E-state index contributed by atoms with van der Waals surface area (Å²) in [6, 6.07) is 5.67. The molecule has 0 saturated carbocycles.